The average Bonchev–Trinajstić information content (AvgIpc) is 3.47. The maximum Gasteiger partial charge on any atom is 0.261 e. The lowest BCUT2D eigenvalue weighted by Crippen LogP contribution is -2.35. The number of nitrogens with zero attached hydrogens (tertiary/aromatic N) is 4. The molecule has 0 radical (unpaired) electrons. The van der Waals surface area contributed by atoms with E-state index in [0.29, 0.717) is 23.2 Å². The number of hydrogen-bond acceptors (Lipinski definition) is 6. The molecule has 1 aromatic carbocycles. The summed E-state index contributed by atoms with van der Waals surface area (Å²) in [6.07, 6.45) is 3.22. The molecule has 7 nitrogen and oxygen atoms in total. The number of likely N-dealkylation sites (N-methyl/N-ethyl adjacent to an activating group) is 1. The lowest BCUT2D eigenvalue weighted by molar-refractivity contribution is 0.0784. The summed E-state index contributed by atoms with van der Waals surface area (Å²) >= 11 is 0. The van der Waals surface area contributed by atoms with E-state index < -0.39 is 0 Å². The van der Waals surface area contributed by atoms with E-state index in [4.69, 9.17) is 9.26 Å². The van der Waals surface area contributed by atoms with Crippen molar-refractivity contribution in [2.45, 2.75) is 25.3 Å². The quantitative estimate of drug-likeness (QED) is 0.790. The van der Waals surface area contributed by atoms with Crippen LogP contribution < -0.4 is 9.64 Å². The molecule has 0 unspecified atom stereocenters. The Kier molecular flexibility index (Phi) is 5.26. The second-order valence-corrected chi connectivity index (χ2v) is 7.79. The molecule has 2 aliphatic rings. The number of methoxy groups -OCH3 is 1. The van der Waals surface area contributed by atoms with Gasteiger partial charge in [0.15, 0.2) is 11.6 Å². The summed E-state index contributed by atoms with van der Waals surface area (Å²) in [7, 11) is 5.77. The first kappa shape index (κ1) is 18.8. The number of amides is 1. The maximum atomic E-state index is 13.5. The molecular weight excluding hydrogens is 356 g/mol. The lowest BCUT2D eigenvalue weighted by atomic mass is 10.1. The van der Waals surface area contributed by atoms with Crippen molar-refractivity contribution >= 4 is 11.7 Å². The van der Waals surface area contributed by atoms with Gasteiger partial charge >= 0.3 is 0 Å². The smallest absolute Gasteiger partial charge is 0.261 e. The molecule has 2 saturated heterocycles. The minimum Gasteiger partial charge on any atom is -0.497 e. The number of aromatic nitrogens is 1. The number of ether oxygens (including phenoxy) is 1. The van der Waals surface area contributed by atoms with Gasteiger partial charge in [0.1, 0.15) is 11.3 Å². The number of anilines is 1. The molecule has 1 atom stereocenters. The second kappa shape index (κ2) is 7.83. The Hall–Kier alpha value is -2.54. The van der Waals surface area contributed by atoms with E-state index in [1.807, 2.05) is 29.2 Å². The topological polar surface area (TPSA) is 62.1 Å². The van der Waals surface area contributed by atoms with Crippen LogP contribution in [0.25, 0.3) is 11.3 Å². The van der Waals surface area contributed by atoms with Crippen LogP contribution in [-0.2, 0) is 0 Å². The normalized spacial score (nSPS) is 19.6. The first-order valence-electron chi connectivity index (χ1n) is 9.93. The summed E-state index contributed by atoms with van der Waals surface area (Å²) < 4.78 is 11.0. The van der Waals surface area contributed by atoms with Gasteiger partial charge < -0.3 is 24.0 Å². The van der Waals surface area contributed by atoms with Crippen molar-refractivity contribution < 1.29 is 14.1 Å². The Labute approximate surface area is 165 Å². The molecule has 28 heavy (non-hydrogen) atoms. The van der Waals surface area contributed by atoms with Crippen molar-refractivity contribution in [3.8, 4) is 17.1 Å². The minimum atomic E-state index is 0.0123. The van der Waals surface area contributed by atoms with Gasteiger partial charge in [-0.05, 0) is 57.6 Å². The molecule has 7 heteroatoms. The lowest BCUT2D eigenvalue weighted by Gasteiger charge is -2.22. The number of hydrogen-bond donors (Lipinski definition) is 0. The van der Waals surface area contributed by atoms with Crippen LogP contribution in [0.2, 0.25) is 0 Å². The molecule has 0 bridgehead atoms. The fourth-order valence-electron chi connectivity index (χ4n) is 4.06. The van der Waals surface area contributed by atoms with Crippen LogP contribution in [0.3, 0.4) is 0 Å². The molecule has 1 aromatic heterocycles. The predicted octanol–water partition coefficient (Wildman–Crippen LogP) is 2.73. The van der Waals surface area contributed by atoms with Crippen LogP contribution in [0, 0.1) is 0 Å². The van der Waals surface area contributed by atoms with E-state index in [1.165, 1.54) is 0 Å². The van der Waals surface area contributed by atoms with Gasteiger partial charge in [0, 0.05) is 37.8 Å². The number of likely N-dealkylation sites (tertiary alicyclic amines) is 1. The van der Waals surface area contributed by atoms with Crippen molar-refractivity contribution in [1.29, 1.82) is 0 Å². The van der Waals surface area contributed by atoms with Gasteiger partial charge in [-0.15, -0.1) is 0 Å². The predicted molar refractivity (Wildman–Crippen MR) is 108 cm³/mol. The van der Waals surface area contributed by atoms with Crippen molar-refractivity contribution in [2.75, 3.05) is 52.3 Å². The molecule has 2 aromatic rings. The maximum absolute atomic E-state index is 13.5. The van der Waals surface area contributed by atoms with Gasteiger partial charge in [-0.3, -0.25) is 4.79 Å². The van der Waals surface area contributed by atoms with Crippen molar-refractivity contribution in [3.05, 3.63) is 29.8 Å². The monoisotopic (exact) mass is 384 g/mol. The minimum absolute atomic E-state index is 0.0123. The SMILES string of the molecule is COc1ccc(-c2onc(N3CCCC3)c2C(=O)N2CC[C@H](N(C)C)C2)cc1. The standard InChI is InChI=1S/C21H28N4O3/c1-23(2)16-10-13-25(14-16)21(26)18-19(15-6-8-17(27-3)9-7-15)28-22-20(18)24-11-4-5-12-24/h6-9,16H,4-5,10-14H2,1-3H3/t16-/m0/s1. The average molecular weight is 384 g/mol. The van der Waals surface area contributed by atoms with Gasteiger partial charge in [-0.1, -0.05) is 5.16 Å². The zero-order valence-corrected chi connectivity index (χ0v) is 16.9. The molecule has 3 heterocycles. The Bertz CT molecular complexity index is 825. The molecule has 0 saturated carbocycles. The fourth-order valence-corrected chi connectivity index (χ4v) is 4.06. The largest absolute Gasteiger partial charge is 0.497 e. The number of rotatable bonds is 5. The van der Waals surface area contributed by atoms with Gasteiger partial charge in [0.05, 0.1) is 7.11 Å². The molecule has 4 rings (SSSR count). The summed E-state index contributed by atoms with van der Waals surface area (Å²) in [5.41, 5.74) is 1.43. The van der Waals surface area contributed by atoms with Crippen LogP contribution >= 0.6 is 0 Å². The van der Waals surface area contributed by atoms with Gasteiger partial charge in [-0.25, -0.2) is 0 Å². The van der Waals surface area contributed by atoms with Crippen LogP contribution in [0.5, 0.6) is 5.75 Å². The summed E-state index contributed by atoms with van der Waals surface area (Å²) in [5.74, 6) is 2.01. The Balaban J connectivity index is 1.70. The molecular formula is C21H28N4O3. The van der Waals surface area contributed by atoms with Crippen LogP contribution in [0.15, 0.2) is 28.8 Å². The third kappa shape index (κ3) is 3.46. The van der Waals surface area contributed by atoms with Crippen molar-refractivity contribution in [1.82, 2.24) is 15.0 Å². The highest BCUT2D eigenvalue weighted by Crippen LogP contribution is 2.35. The Morgan fingerprint density at radius 1 is 1.18 bits per heavy atom. The fraction of sp³-hybridized carbons (Fsp3) is 0.524. The molecule has 150 valence electrons. The molecule has 2 fully saturated rings. The third-order valence-corrected chi connectivity index (χ3v) is 5.83. The zero-order chi connectivity index (χ0) is 19.7. The number of benzene rings is 1. The zero-order valence-electron chi connectivity index (χ0n) is 16.9. The van der Waals surface area contributed by atoms with Crippen LogP contribution in [0.1, 0.15) is 29.6 Å². The van der Waals surface area contributed by atoms with E-state index in [2.05, 4.69) is 29.1 Å². The number of carbonyl (C=O) groups is 1. The van der Waals surface area contributed by atoms with Crippen molar-refractivity contribution in [2.24, 2.45) is 0 Å². The van der Waals surface area contributed by atoms with E-state index >= 15 is 0 Å². The Morgan fingerprint density at radius 3 is 2.50 bits per heavy atom. The summed E-state index contributed by atoms with van der Waals surface area (Å²) in [6.45, 7) is 3.32. The first-order valence-corrected chi connectivity index (χ1v) is 9.93. The van der Waals surface area contributed by atoms with E-state index in [0.717, 1.165) is 56.8 Å². The van der Waals surface area contributed by atoms with Gasteiger partial charge in [-0.2, -0.15) is 0 Å². The molecule has 0 N–H and O–H groups in total. The van der Waals surface area contributed by atoms with Gasteiger partial charge in [0.25, 0.3) is 5.91 Å². The van der Waals surface area contributed by atoms with E-state index in [1.54, 1.807) is 7.11 Å². The highest BCUT2D eigenvalue weighted by molar-refractivity contribution is 6.04. The molecule has 0 aliphatic carbocycles. The molecule has 1 amide bonds. The number of carbonyl (C=O) groups excluding carboxylic acids is 1. The summed E-state index contributed by atoms with van der Waals surface area (Å²) in [4.78, 5) is 19.8. The Morgan fingerprint density at radius 2 is 1.89 bits per heavy atom. The van der Waals surface area contributed by atoms with Crippen LogP contribution in [-0.4, -0.2) is 74.3 Å². The van der Waals surface area contributed by atoms with Crippen molar-refractivity contribution in [3.63, 3.8) is 0 Å². The highest BCUT2D eigenvalue weighted by Gasteiger charge is 2.35. The van der Waals surface area contributed by atoms with E-state index in [-0.39, 0.29) is 5.91 Å². The highest BCUT2D eigenvalue weighted by atomic mass is 16.5. The van der Waals surface area contributed by atoms with Crippen LogP contribution in [0.4, 0.5) is 5.82 Å². The summed E-state index contributed by atoms with van der Waals surface area (Å²) in [5, 5.41) is 4.33. The third-order valence-electron chi connectivity index (χ3n) is 5.83. The second-order valence-electron chi connectivity index (χ2n) is 7.79. The first-order chi connectivity index (χ1) is 13.6. The molecule has 0 spiro atoms. The van der Waals surface area contributed by atoms with Gasteiger partial charge in [0.2, 0.25) is 0 Å². The summed E-state index contributed by atoms with van der Waals surface area (Å²) in [6, 6.07) is 7.97. The molecule has 2 aliphatic heterocycles. The van der Waals surface area contributed by atoms with E-state index in [9.17, 15) is 4.79 Å².